The molecular formula is C61H39N3O6S3. The van der Waals surface area contributed by atoms with Crippen LogP contribution in [-0.2, 0) is 0 Å². The molecule has 0 radical (unpaired) electrons. The lowest BCUT2D eigenvalue weighted by molar-refractivity contribution is 0.441. The molecule has 12 heteroatoms. The highest BCUT2D eigenvalue weighted by atomic mass is 32.1. The van der Waals surface area contributed by atoms with Gasteiger partial charge in [0.2, 0.25) is 0 Å². The molecule has 0 fully saturated rings. The first kappa shape index (κ1) is 45.1. The van der Waals surface area contributed by atoms with E-state index in [-0.39, 0.29) is 0 Å². The number of rotatable bonds is 16. The second kappa shape index (κ2) is 20.7. The number of nitrogens with zero attached hydrogens (tertiary/aromatic N) is 3. The minimum atomic E-state index is 0.557. The molecule has 4 aromatic heterocycles. The van der Waals surface area contributed by atoms with Crippen LogP contribution in [0.25, 0.3) is 52.9 Å². The van der Waals surface area contributed by atoms with Gasteiger partial charge in [0.1, 0.15) is 85.7 Å². The van der Waals surface area contributed by atoms with Crippen molar-refractivity contribution < 1.29 is 28.4 Å². The third-order valence-electron chi connectivity index (χ3n) is 11.4. The summed E-state index contributed by atoms with van der Waals surface area (Å²) in [5, 5.41) is 0. The van der Waals surface area contributed by atoms with Gasteiger partial charge >= 0.3 is 0 Å². The Balaban J connectivity index is 0.930. The Morgan fingerprint density at radius 3 is 0.986 bits per heavy atom. The Hall–Kier alpha value is -9.07. The minimum Gasteiger partial charge on any atom is -0.457 e. The zero-order valence-corrected chi connectivity index (χ0v) is 41.0. The largest absolute Gasteiger partial charge is 0.457 e. The molecule has 0 bridgehead atoms. The molecule has 0 amide bonds. The predicted molar refractivity (Wildman–Crippen MR) is 292 cm³/mol. The van der Waals surface area contributed by atoms with Gasteiger partial charge in [-0.3, -0.25) is 4.98 Å². The van der Waals surface area contributed by atoms with Crippen LogP contribution < -0.4 is 28.4 Å². The maximum atomic E-state index is 6.69. The van der Waals surface area contributed by atoms with Crippen molar-refractivity contribution >= 4 is 45.4 Å². The molecule has 0 atom stereocenters. The van der Waals surface area contributed by atoms with Gasteiger partial charge in [-0.25, -0.2) is 0 Å². The Bertz CT molecular complexity index is 3430. The fourth-order valence-electron chi connectivity index (χ4n) is 8.12. The Morgan fingerprint density at radius 2 is 0.603 bits per heavy atom. The van der Waals surface area contributed by atoms with Crippen LogP contribution in [-0.4, -0.2) is 13.7 Å². The van der Waals surface area contributed by atoms with Crippen LogP contribution in [0.5, 0.6) is 69.0 Å². The predicted octanol–water partition coefficient (Wildman–Crippen LogP) is 18.6. The summed E-state index contributed by atoms with van der Waals surface area (Å²) < 4.78 is 49.3. The third kappa shape index (κ3) is 10.1. The van der Waals surface area contributed by atoms with Crippen LogP contribution in [0, 0.1) is 0 Å². The molecule has 0 saturated heterocycles. The molecule has 12 rings (SSSR count). The van der Waals surface area contributed by atoms with Crippen LogP contribution in [0.15, 0.2) is 237 Å². The van der Waals surface area contributed by atoms with E-state index < -0.39 is 0 Å². The second-order valence-corrected chi connectivity index (χ2v) is 19.1. The lowest BCUT2D eigenvalue weighted by Crippen LogP contribution is -1.95. The van der Waals surface area contributed by atoms with Crippen LogP contribution in [0.1, 0.15) is 0 Å². The summed E-state index contributed by atoms with van der Waals surface area (Å²) in [6.07, 6.45) is 1.89. The number of pyridine rings is 1. The molecule has 0 aliphatic heterocycles. The number of ether oxygens (including phenoxy) is 6. The average molecular weight is 1010 g/mol. The van der Waals surface area contributed by atoms with E-state index in [0.717, 1.165) is 53.4 Å². The highest BCUT2D eigenvalue weighted by Gasteiger charge is 2.25. The fraction of sp³-hybridized carbons (Fsp3) is 0. The molecule has 0 aliphatic rings. The van der Waals surface area contributed by atoms with Crippen molar-refractivity contribution in [1.29, 1.82) is 0 Å². The first-order valence-electron chi connectivity index (χ1n) is 23.2. The quantitative estimate of drug-likeness (QED) is 0.0938. The number of para-hydroxylation sites is 6. The molecule has 0 N–H and O–H groups in total. The summed E-state index contributed by atoms with van der Waals surface area (Å²) in [5.74, 6) is 7.41. The normalized spacial score (nSPS) is 11.0. The van der Waals surface area contributed by atoms with Gasteiger partial charge in [0.15, 0.2) is 0 Å². The molecule has 0 unspecified atom stereocenters. The molecule has 0 aliphatic carbocycles. The van der Waals surface area contributed by atoms with Crippen LogP contribution >= 0.6 is 34.4 Å². The smallest absolute Gasteiger partial charge is 0.143 e. The molecular weight excluding hydrogens is 967 g/mol. The number of aromatic nitrogens is 3. The van der Waals surface area contributed by atoms with Gasteiger partial charge in [-0.15, -0.1) is 22.7 Å². The van der Waals surface area contributed by atoms with Crippen LogP contribution in [0.2, 0.25) is 0 Å². The Kier molecular flexibility index (Phi) is 12.8. The molecule has 0 saturated carbocycles. The van der Waals surface area contributed by atoms with Gasteiger partial charge in [0.05, 0.1) is 27.7 Å². The van der Waals surface area contributed by atoms with Gasteiger partial charge in [0, 0.05) is 50.7 Å². The summed E-state index contributed by atoms with van der Waals surface area (Å²) in [6.45, 7) is 0. The topological polar surface area (TPSA) is 94.1 Å². The first-order valence-corrected chi connectivity index (χ1v) is 25.6. The molecule has 73 heavy (non-hydrogen) atoms. The highest BCUT2D eigenvalue weighted by molar-refractivity contribution is 7.19. The zero-order valence-electron chi connectivity index (χ0n) is 38.5. The van der Waals surface area contributed by atoms with E-state index in [0.29, 0.717) is 80.2 Å². The number of benzene rings is 8. The number of hydrogen-bond acceptors (Lipinski definition) is 12. The van der Waals surface area contributed by atoms with Crippen molar-refractivity contribution in [2.24, 2.45) is 0 Å². The summed E-state index contributed by atoms with van der Waals surface area (Å²) in [7, 11) is 0. The zero-order chi connectivity index (χ0) is 48.8. The fourth-order valence-corrected chi connectivity index (χ4v) is 10.8. The summed E-state index contributed by atoms with van der Waals surface area (Å²) in [4.78, 5) is 8.77. The monoisotopic (exact) mass is 1010 g/mol. The molecule has 352 valence electrons. The second-order valence-electron chi connectivity index (χ2n) is 16.4. The summed E-state index contributed by atoms with van der Waals surface area (Å²) in [5.41, 5.74) is 4.53. The Morgan fingerprint density at radius 1 is 0.288 bits per heavy atom. The van der Waals surface area contributed by atoms with Gasteiger partial charge in [-0.2, -0.15) is 8.75 Å². The van der Waals surface area contributed by atoms with E-state index in [9.17, 15) is 0 Å². The molecule has 12 aromatic rings. The third-order valence-corrected chi connectivity index (χ3v) is 14.2. The van der Waals surface area contributed by atoms with Crippen LogP contribution in [0.3, 0.4) is 0 Å². The Labute approximate surface area is 432 Å². The van der Waals surface area contributed by atoms with Crippen molar-refractivity contribution in [2.45, 2.75) is 0 Å². The van der Waals surface area contributed by atoms with Gasteiger partial charge < -0.3 is 28.4 Å². The van der Waals surface area contributed by atoms with Gasteiger partial charge in [-0.1, -0.05) is 109 Å². The number of thiophene rings is 2. The maximum absolute atomic E-state index is 6.69. The van der Waals surface area contributed by atoms with E-state index in [1.165, 1.54) is 0 Å². The van der Waals surface area contributed by atoms with Gasteiger partial charge in [0.25, 0.3) is 0 Å². The van der Waals surface area contributed by atoms with E-state index in [4.69, 9.17) is 42.2 Å². The van der Waals surface area contributed by atoms with Gasteiger partial charge in [-0.05, 0) is 97.1 Å². The first-order chi connectivity index (χ1) is 36.1. The molecule has 0 spiro atoms. The van der Waals surface area contributed by atoms with E-state index in [1.54, 1.807) is 22.7 Å². The molecule has 9 nitrogen and oxygen atoms in total. The number of fused-ring (bicyclic) bond motifs is 1. The van der Waals surface area contributed by atoms with E-state index in [1.807, 2.05) is 212 Å². The van der Waals surface area contributed by atoms with Crippen molar-refractivity contribution in [2.75, 3.05) is 0 Å². The lowest BCUT2D eigenvalue weighted by Gasteiger charge is -2.18. The van der Waals surface area contributed by atoms with Crippen molar-refractivity contribution in [1.82, 2.24) is 13.7 Å². The van der Waals surface area contributed by atoms with Crippen molar-refractivity contribution in [3.05, 3.63) is 237 Å². The average Bonchev–Trinajstić information content (AvgIpc) is 4.24. The SMILES string of the molecule is c1ccc(Oc2cc(Oc3ccccc3)c(-c3ccc(-c4cnc(-c5ccc(-c6c(Oc7ccccc7)cc(Oc7ccccc7)cc6Oc6ccccc6)s5)c5nsnc45)s3)c(Oc3ccccc3)c2)cc1. The van der Waals surface area contributed by atoms with Crippen molar-refractivity contribution in [3.63, 3.8) is 0 Å². The maximum Gasteiger partial charge on any atom is 0.143 e. The summed E-state index contributed by atoms with van der Waals surface area (Å²) in [6, 6.07) is 74.0. The minimum absolute atomic E-state index is 0.557. The standard InChI is InChI=1S/C61H39N3O6S3/c1-7-19-40(20-8-1)65-46-35-49(67-42-23-11-3-12-24-42)57(50(36-46)68-43-25-13-4-14-26-43)54-32-31-53(71-54)48-39-62-60(61-59(48)63-73-64-61)56-34-33-55(72-56)58-51(69-44-27-15-5-16-28-44)37-47(66-41-21-9-2-10-22-41)38-52(58)70-45-29-17-6-18-30-45/h1-39H. The van der Waals surface area contributed by atoms with E-state index >= 15 is 0 Å². The van der Waals surface area contributed by atoms with E-state index in [2.05, 4.69) is 24.3 Å². The highest BCUT2D eigenvalue weighted by Crippen LogP contribution is 2.52. The van der Waals surface area contributed by atoms with Crippen molar-refractivity contribution in [3.8, 4) is 111 Å². The lowest BCUT2D eigenvalue weighted by atomic mass is 10.1. The number of hydrogen-bond donors (Lipinski definition) is 0. The van der Waals surface area contributed by atoms with Crippen LogP contribution in [0.4, 0.5) is 0 Å². The summed E-state index contributed by atoms with van der Waals surface area (Å²) >= 11 is 4.31. The molecule has 8 aromatic carbocycles. The molecule has 4 heterocycles.